The van der Waals surface area contributed by atoms with Crippen LogP contribution in [0.5, 0.6) is 0 Å². The monoisotopic (exact) mass is 170 g/mol. The highest BCUT2D eigenvalue weighted by Crippen LogP contribution is 2.28. The van der Waals surface area contributed by atoms with Gasteiger partial charge in [0, 0.05) is 18.5 Å². The molecule has 12 heavy (non-hydrogen) atoms. The summed E-state index contributed by atoms with van der Waals surface area (Å²) in [5, 5.41) is 2.96. The maximum atomic E-state index is 11.2. The van der Waals surface area contributed by atoms with Crippen molar-refractivity contribution in [2.24, 2.45) is 11.7 Å². The van der Waals surface area contributed by atoms with Crippen LogP contribution in [0.2, 0.25) is 0 Å². The van der Waals surface area contributed by atoms with Gasteiger partial charge in [-0.15, -0.1) is 0 Å². The van der Waals surface area contributed by atoms with E-state index in [1.54, 1.807) is 0 Å². The summed E-state index contributed by atoms with van der Waals surface area (Å²) in [5.74, 6) is 0.839. The molecular weight excluding hydrogens is 152 g/mol. The number of amides is 1. The van der Waals surface area contributed by atoms with Crippen LogP contribution in [0.1, 0.15) is 33.1 Å². The van der Waals surface area contributed by atoms with Crippen molar-refractivity contribution < 1.29 is 4.79 Å². The molecule has 1 fully saturated rings. The predicted molar refractivity (Wildman–Crippen MR) is 48.6 cm³/mol. The summed E-state index contributed by atoms with van der Waals surface area (Å²) < 4.78 is 0. The van der Waals surface area contributed by atoms with E-state index >= 15 is 0 Å². The fourth-order valence-electron chi connectivity index (χ4n) is 1.16. The van der Waals surface area contributed by atoms with Gasteiger partial charge in [-0.3, -0.25) is 4.79 Å². The average Bonchev–Trinajstić information content (AvgIpc) is 2.62. The van der Waals surface area contributed by atoms with Gasteiger partial charge in [0.1, 0.15) is 0 Å². The van der Waals surface area contributed by atoms with Gasteiger partial charge in [0.05, 0.1) is 0 Å². The van der Waals surface area contributed by atoms with E-state index < -0.39 is 0 Å². The highest BCUT2D eigenvalue weighted by Gasteiger charge is 2.33. The molecule has 0 aromatic rings. The minimum atomic E-state index is 0.132. The second kappa shape index (κ2) is 3.90. The van der Waals surface area contributed by atoms with Gasteiger partial charge in [-0.25, -0.2) is 0 Å². The number of nitrogens with two attached hydrogens (primary N) is 1. The van der Waals surface area contributed by atoms with Gasteiger partial charge < -0.3 is 11.1 Å². The molecule has 0 aromatic carbocycles. The van der Waals surface area contributed by atoms with E-state index in [1.165, 1.54) is 0 Å². The minimum absolute atomic E-state index is 0.132. The van der Waals surface area contributed by atoms with E-state index in [2.05, 4.69) is 12.2 Å². The molecule has 70 valence electrons. The Morgan fingerprint density at radius 3 is 2.75 bits per heavy atom. The number of carbonyl (C=O) groups excluding carboxylic acids is 1. The Labute approximate surface area is 73.7 Å². The van der Waals surface area contributed by atoms with E-state index in [0.29, 0.717) is 18.4 Å². The smallest absolute Gasteiger partial charge is 0.220 e. The highest BCUT2D eigenvalue weighted by molar-refractivity contribution is 5.76. The summed E-state index contributed by atoms with van der Waals surface area (Å²) in [4.78, 5) is 11.2. The second-order valence-electron chi connectivity index (χ2n) is 3.90. The van der Waals surface area contributed by atoms with E-state index in [0.717, 1.165) is 12.8 Å². The van der Waals surface area contributed by atoms with Crippen LogP contribution in [0.15, 0.2) is 0 Å². The minimum Gasteiger partial charge on any atom is -0.353 e. The SMILES string of the molecule is CC(N)CCC(=O)NC1CC1C. The lowest BCUT2D eigenvalue weighted by Crippen LogP contribution is -2.28. The Morgan fingerprint density at radius 2 is 2.33 bits per heavy atom. The standard InChI is InChI=1S/C9H18N2O/c1-6-5-8(6)11-9(12)4-3-7(2)10/h6-8H,3-5,10H2,1-2H3,(H,11,12). The predicted octanol–water partition coefficient (Wildman–Crippen LogP) is 0.638. The maximum absolute atomic E-state index is 11.2. The number of nitrogens with one attached hydrogen (secondary N) is 1. The van der Waals surface area contributed by atoms with Crippen LogP contribution in [0, 0.1) is 5.92 Å². The van der Waals surface area contributed by atoms with Gasteiger partial charge in [-0.2, -0.15) is 0 Å². The first kappa shape index (κ1) is 9.52. The molecule has 3 atom stereocenters. The lowest BCUT2D eigenvalue weighted by Gasteiger charge is -2.05. The molecule has 0 bridgehead atoms. The number of hydrogen-bond donors (Lipinski definition) is 2. The second-order valence-corrected chi connectivity index (χ2v) is 3.90. The summed E-state index contributed by atoms with van der Waals surface area (Å²) in [6.45, 7) is 4.07. The summed E-state index contributed by atoms with van der Waals surface area (Å²) >= 11 is 0. The van der Waals surface area contributed by atoms with Gasteiger partial charge in [-0.05, 0) is 25.7 Å². The molecule has 1 aliphatic rings. The first-order valence-electron chi connectivity index (χ1n) is 4.64. The third-order valence-electron chi connectivity index (χ3n) is 2.28. The first-order chi connectivity index (χ1) is 5.59. The quantitative estimate of drug-likeness (QED) is 0.650. The fourth-order valence-corrected chi connectivity index (χ4v) is 1.16. The molecule has 1 saturated carbocycles. The molecule has 3 heteroatoms. The molecule has 0 heterocycles. The van der Waals surface area contributed by atoms with Gasteiger partial charge in [0.25, 0.3) is 0 Å². The molecule has 1 rings (SSSR count). The van der Waals surface area contributed by atoms with Crippen molar-refractivity contribution in [1.29, 1.82) is 0 Å². The largest absolute Gasteiger partial charge is 0.353 e. The first-order valence-corrected chi connectivity index (χ1v) is 4.64. The van der Waals surface area contributed by atoms with Crippen LogP contribution < -0.4 is 11.1 Å². The third-order valence-corrected chi connectivity index (χ3v) is 2.28. The normalized spacial score (nSPS) is 29.6. The molecular formula is C9H18N2O. The maximum Gasteiger partial charge on any atom is 0.220 e. The molecule has 3 unspecified atom stereocenters. The Balaban J connectivity index is 2.04. The molecule has 3 nitrogen and oxygen atoms in total. The van der Waals surface area contributed by atoms with Crippen LogP contribution in [0.3, 0.4) is 0 Å². The molecule has 0 radical (unpaired) electrons. The van der Waals surface area contributed by atoms with Crippen LogP contribution in [-0.2, 0) is 4.79 Å². The Hall–Kier alpha value is -0.570. The van der Waals surface area contributed by atoms with Crippen molar-refractivity contribution in [2.75, 3.05) is 0 Å². The molecule has 1 amide bonds. The zero-order valence-electron chi connectivity index (χ0n) is 7.84. The van der Waals surface area contributed by atoms with Crippen LogP contribution in [-0.4, -0.2) is 18.0 Å². The van der Waals surface area contributed by atoms with E-state index in [-0.39, 0.29) is 11.9 Å². The van der Waals surface area contributed by atoms with Crippen LogP contribution >= 0.6 is 0 Å². The number of carbonyl (C=O) groups is 1. The zero-order chi connectivity index (χ0) is 9.14. The van der Waals surface area contributed by atoms with Gasteiger partial charge in [0.2, 0.25) is 5.91 Å². The Bertz CT molecular complexity index is 168. The molecule has 0 aliphatic heterocycles. The molecule has 3 N–H and O–H groups in total. The molecule has 0 saturated heterocycles. The van der Waals surface area contributed by atoms with Crippen molar-refractivity contribution in [3.63, 3.8) is 0 Å². The average molecular weight is 170 g/mol. The highest BCUT2D eigenvalue weighted by atomic mass is 16.1. The van der Waals surface area contributed by atoms with Gasteiger partial charge in [-0.1, -0.05) is 6.92 Å². The van der Waals surface area contributed by atoms with Gasteiger partial charge in [0.15, 0.2) is 0 Å². The topological polar surface area (TPSA) is 55.1 Å². The van der Waals surface area contributed by atoms with Crippen molar-refractivity contribution in [3.8, 4) is 0 Å². The summed E-state index contributed by atoms with van der Waals surface area (Å²) in [6, 6.07) is 0.581. The molecule has 0 spiro atoms. The van der Waals surface area contributed by atoms with Crippen LogP contribution in [0.25, 0.3) is 0 Å². The summed E-state index contributed by atoms with van der Waals surface area (Å²) in [5.41, 5.74) is 5.53. The number of rotatable bonds is 4. The lowest BCUT2D eigenvalue weighted by atomic mass is 10.2. The Morgan fingerprint density at radius 1 is 1.75 bits per heavy atom. The van der Waals surface area contributed by atoms with E-state index in [1.807, 2.05) is 6.92 Å². The van der Waals surface area contributed by atoms with Crippen molar-refractivity contribution in [1.82, 2.24) is 5.32 Å². The zero-order valence-corrected chi connectivity index (χ0v) is 7.84. The third kappa shape index (κ3) is 3.22. The summed E-state index contributed by atoms with van der Waals surface area (Å²) in [7, 11) is 0. The van der Waals surface area contributed by atoms with Crippen molar-refractivity contribution in [2.45, 2.75) is 45.2 Å². The number of hydrogen-bond acceptors (Lipinski definition) is 2. The molecule has 0 aromatic heterocycles. The molecule has 1 aliphatic carbocycles. The fraction of sp³-hybridized carbons (Fsp3) is 0.889. The van der Waals surface area contributed by atoms with E-state index in [4.69, 9.17) is 5.73 Å². The summed E-state index contributed by atoms with van der Waals surface area (Å²) in [6.07, 6.45) is 2.50. The van der Waals surface area contributed by atoms with E-state index in [9.17, 15) is 4.79 Å². The Kier molecular flexibility index (Phi) is 3.09. The van der Waals surface area contributed by atoms with Crippen molar-refractivity contribution in [3.05, 3.63) is 0 Å². The van der Waals surface area contributed by atoms with Crippen LogP contribution in [0.4, 0.5) is 0 Å². The van der Waals surface area contributed by atoms with Crippen molar-refractivity contribution >= 4 is 5.91 Å². The lowest BCUT2D eigenvalue weighted by molar-refractivity contribution is -0.121. The van der Waals surface area contributed by atoms with Gasteiger partial charge >= 0.3 is 0 Å².